The number of rotatable bonds is 8. The lowest BCUT2D eigenvalue weighted by Gasteiger charge is -2.19. The van der Waals surface area contributed by atoms with E-state index in [4.69, 9.17) is 6.15 Å². The lowest BCUT2D eigenvalue weighted by molar-refractivity contribution is -0.142. The van der Waals surface area contributed by atoms with Gasteiger partial charge in [0.15, 0.2) is 1.41 Å². The molecule has 0 fully saturated rings. The SMILES string of the molecule is [3H]NC(=O)[C@H](CNC(=O)[C@H](COC(C)=O)NC)NC(C)=O. The highest BCUT2D eigenvalue weighted by molar-refractivity contribution is 5.87. The number of primary amides is 1. The van der Waals surface area contributed by atoms with Crippen LogP contribution < -0.4 is 21.7 Å². The lowest BCUT2D eigenvalue weighted by Crippen LogP contribution is -2.54. The number of carbonyl (C=O) groups is 4. The zero-order valence-electron chi connectivity index (χ0n) is 12.6. The molecule has 0 unspecified atom stereocenters. The summed E-state index contributed by atoms with van der Waals surface area (Å²) in [5.74, 6) is -2.26. The molecule has 0 aromatic carbocycles. The summed E-state index contributed by atoms with van der Waals surface area (Å²) in [4.78, 5) is 44.8. The second-order valence-electron chi connectivity index (χ2n) is 4.01. The average Bonchev–Trinajstić information content (AvgIpc) is 2.42. The van der Waals surface area contributed by atoms with Crippen LogP contribution in [-0.4, -0.2) is 56.0 Å². The molecule has 9 nitrogen and oxygen atoms in total. The van der Waals surface area contributed by atoms with Crippen LogP contribution >= 0.6 is 0 Å². The number of nitrogens with two attached hydrogens (primary N) is 1. The standard InChI is InChI=1S/C11H20N4O5/c1-6(16)15-8(10(12)18)4-14-11(19)9(13-3)5-20-7(2)17/h8-9,13H,4-5H2,1-3H3,(H2,12,18)(H,14,19)(H,15,16)/t8-,9-/m0/s1/i/hT. The monoisotopic (exact) mass is 290 g/mol. The summed E-state index contributed by atoms with van der Waals surface area (Å²) in [6, 6.07) is -1.85. The number of likely N-dealkylation sites (N-methyl/N-ethyl adjacent to an activating group) is 1. The normalized spacial score (nSPS) is 13.4. The molecule has 3 amide bonds. The van der Waals surface area contributed by atoms with Crippen molar-refractivity contribution in [3.8, 4) is 0 Å². The van der Waals surface area contributed by atoms with E-state index in [1.165, 1.54) is 20.9 Å². The van der Waals surface area contributed by atoms with Crippen molar-refractivity contribution in [3.05, 3.63) is 0 Å². The number of nitrogens with one attached hydrogen (secondary N) is 3. The largest absolute Gasteiger partial charge is 0.464 e. The molecular weight excluding hydrogens is 268 g/mol. The van der Waals surface area contributed by atoms with E-state index < -0.39 is 35.8 Å². The number of esters is 1. The summed E-state index contributed by atoms with van der Waals surface area (Å²) in [6.45, 7) is 2.08. The minimum Gasteiger partial charge on any atom is -0.464 e. The Bertz CT molecular complexity index is 404. The molecule has 5 N–H and O–H groups in total. The second-order valence-corrected chi connectivity index (χ2v) is 4.01. The molecule has 0 saturated heterocycles. The molecule has 0 bridgehead atoms. The first-order chi connectivity index (χ1) is 9.81. The van der Waals surface area contributed by atoms with Gasteiger partial charge in [-0.15, -0.1) is 0 Å². The Labute approximate surface area is 118 Å². The molecule has 9 heteroatoms. The first kappa shape index (κ1) is 15.9. The molecule has 20 heavy (non-hydrogen) atoms. The number of hydrogen-bond donors (Lipinski definition) is 4. The highest BCUT2D eigenvalue weighted by Gasteiger charge is 2.21. The van der Waals surface area contributed by atoms with Crippen molar-refractivity contribution in [2.24, 2.45) is 5.73 Å². The first-order valence-electron chi connectivity index (χ1n) is 6.38. The van der Waals surface area contributed by atoms with Crippen LogP contribution in [0.1, 0.15) is 13.8 Å². The van der Waals surface area contributed by atoms with E-state index in [9.17, 15) is 19.2 Å². The molecule has 0 aromatic rings. The summed E-state index contributed by atoms with van der Waals surface area (Å²) < 4.78 is 11.5. The molecule has 0 aliphatic heterocycles. The third-order valence-electron chi connectivity index (χ3n) is 2.29. The van der Waals surface area contributed by atoms with Gasteiger partial charge < -0.3 is 26.4 Å². The van der Waals surface area contributed by atoms with E-state index in [1.54, 1.807) is 5.73 Å². The van der Waals surface area contributed by atoms with Crippen molar-refractivity contribution in [2.75, 3.05) is 20.2 Å². The topological polar surface area (TPSA) is 140 Å². The minimum absolute atomic E-state index is 0.160. The van der Waals surface area contributed by atoms with Crippen molar-refractivity contribution in [2.45, 2.75) is 25.9 Å². The van der Waals surface area contributed by atoms with E-state index >= 15 is 0 Å². The van der Waals surface area contributed by atoms with E-state index in [2.05, 4.69) is 16.0 Å². The molecule has 0 spiro atoms. The number of hydrogen-bond acceptors (Lipinski definition) is 6. The maximum absolute atomic E-state index is 11.8. The van der Waals surface area contributed by atoms with Gasteiger partial charge in [0, 0.05) is 20.4 Å². The van der Waals surface area contributed by atoms with Crippen LogP contribution in [0.4, 0.5) is 0 Å². The molecule has 0 saturated carbocycles. The van der Waals surface area contributed by atoms with Crippen molar-refractivity contribution in [3.63, 3.8) is 0 Å². The van der Waals surface area contributed by atoms with Crippen molar-refractivity contribution in [1.82, 2.24) is 16.0 Å². The summed E-state index contributed by atoms with van der Waals surface area (Å²) in [5, 5.41) is 7.38. The predicted octanol–water partition coefficient (Wildman–Crippen LogP) is -2.76. The van der Waals surface area contributed by atoms with Crippen LogP contribution in [0.2, 0.25) is 1.41 Å². The van der Waals surface area contributed by atoms with Crippen LogP contribution in [0.15, 0.2) is 0 Å². The van der Waals surface area contributed by atoms with Gasteiger partial charge in [0.05, 0.1) is 0 Å². The smallest absolute Gasteiger partial charge is 0.302 e. The van der Waals surface area contributed by atoms with E-state index in [0.717, 1.165) is 0 Å². The Morgan fingerprint density at radius 1 is 1.25 bits per heavy atom. The van der Waals surface area contributed by atoms with Crippen LogP contribution in [0.5, 0.6) is 0 Å². The quantitative estimate of drug-likeness (QED) is 0.357. The van der Waals surface area contributed by atoms with Gasteiger partial charge in [-0.1, -0.05) is 0 Å². The average molecular weight is 290 g/mol. The van der Waals surface area contributed by atoms with Crippen LogP contribution in [0.25, 0.3) is 0 Å². The summed E-state index contributed by atoms with van der Waals surface area (Å²) in [6.07, 6.45) is 0. The summed E-state index contributed by atoms with van der Waals surface area (Å²) >= 11 is 0. The molecule has 0 heterocycles. The van der Waals surface area contributed by atoms with Crippen LogP contribution in [0, 0.1) is 0 Å². The number of carbonyl (C=O) groups excluding carboxylic acids is 4. The molecule has 114 valence electrons. The van der Waals surface area contributed by atoms with Crippen LogP contribution in [-0.2, 0) is 23.9 Å². The van der Waals surface area contributed by atoms with Gasteiger partial charge in [-0.3, -0.25) is 19.2 Å². The van der Waals surface area contributed by atoms with Gasteiger partial charge in [0.2, 0.25) is 17.7 Å². The zero-order valence-corrected chi connectivity index (χ0v) is 11.6. The minimum atomic E-state index is -1.06. The van der Waals surface area contributed by atoms with Crippen molar-refractivity contribution >= 4 is 23.7 Å². The molecule has 0 aliphatic rings. The molecule has 0 aliphatic carbocycles. The number of ether oxygens (including phenoxy) is 1. The zero-order chi connectivity index (χ0) is 16.4. The third-order valence-corrected chi connectivity index (χ3v) is 2.29. The Hall–Kier alpha value is -2.16. The highest BCUT2D eigenvalue weighted by atomic mass is 16.5. The van der Waals surface area contributed by atoms with Crippen molar-refractivity contribution in [1.29, 1.82) is 0 Å². The van der Waals surface area contributed by atoms with E-state index in [0.29, 0.717) is 0 Å². The van der Waals surface area contributed by atoms with Gasteiger partial charge in [0.1, 0.15) is 18.7 Å². The predicted molar refractivity (Wildman–Crippen MR) is 69.3 cm³/mol. The molecule has 0 radical (unpaired) electrons. The summed E-state index contributed by atoms with van der Waals surface area (Å²) in [7, 11) is 1.51. The Kier molecular flexibility index (Phi) is 7.04. The Morgan fingerprint density at radius 3 is 2.35 bits per heavy atom. The fourth-order valence-electron chi connectivity index (χ4n) is 1.27. The Balaban J connectivity index is 4.47. The van der Waals surface area contributed by atoms with E-state index in [-0.39, 0.29) is 13.2 Å². The molecule has 2 atom stereocenters. The van der Waals surface area contributed by atoms with Crippen LogP contribution in [0.3, 0.4) is 0 Å². The van der Waals surface area contributed by atoms with Gasteiger partial charge in [-0.05, 0) is 7.05 Å². The summed E-state index contributed by atoms with van der Waals surface area (Å²) in [5.41, 5.74) is 1.64. The van der Waals surface area contributed by atoms with Crippen molar-refractivity contribution < 1.29 is 25.3 Å². The Morgan fingerprint density at radius 2 is 1.90 bits per heavy atom. The molecule has 0 rings (SSSR count). The maximum atomic E-state index is 11.8. The number of amides is 3. The van der Waals surface area contributed by atoms with Gasteiger partial charge >= 0.3 is 5.97 Å². The lowest BCUT2D eigenvalue weighted by atomic mass is 10.2. The fourth-order valence-corrected chi connectivity index (χ4v) is 1.27. The third kappa shape index (κ3) is 7.31. The molecule has 0 aromatic heterocycles. The van der Waals surface area contributed by atoms with E-state index in [1.807, 2.05) is 0 Å². The van der Waals surface area contributed by atoms with Gasteiger partial charge in [0.25, 0.3) is 0 Å². The molecular formula is C11H20N4O5. The maximum Gasteiger partial charge on any atom is 0.302 e. The fraction of sp³-hybridized carbons (Fsp3) is 0.636. The highest BCUT2D eigenvalue weighted by Crippen LogP contribution is 1.89. The van der Waals surface area contributed by atoms with Gasteiger partial charge in [-0.2, -0.15) is 0 Å². The first-order valence-corrected chi connectivity index (χ1v) is 5.88. The second kappa shape index (κ2) is 8.86. The van der Waals surface area contributed by atoms with Gasteiger partial charge in [-0.25, -0.2) is 0 Å².